The molecule has 0 amide bonds. The van der Waals surface area contributed by atoms with Crippen molar-refractivity contribution in [3.63, 3.8) is 0 Å². The number of benzene rings is 1. The summed E-state index contributed by atoms with van der Waals surface area (Å²) in [4.78, 5) is 21.0. The fraction of sp³-hybridized carbons (Fsp3) is 0.300. The van der Waals surface area contributed by atoms with Crippen LogP contribution in [0.25, 0.3) is 0 Å². The van der Waals surface area contributed by atoms with Crippen molar-refractivity contribution in [1.82, 2.24) is 0 Å². The van der Waals surface area contributed by atoms with Crippen molar-refractivity contribution in [2.45, 2.75) is 16.5 Å². The monoisotopic (exact) mass is 273 g/mol. The molecule has 1 aromatic carbocycles. The Bertz CT molecular complexity index is 466. The van der Waals surface area contributed by atoms with Crippen molar-refractivity contribution >= 4 is 23.6 Å². The summed E-state index contributed by atoms with van der Waals surface area (Å²) in [5, 5.41) is 10.4. The lowest BCUT2D eigenvalue weighted by Gasteiger charge is -2.11. The molecule has 18 heavy (non-hydrogen) atoms. The first kappa shape index (κ1) is 12.6. The van der Waals surface area contributed by atoms with Crippen LogP contribution in [0.15, 0.2) is 29.2 Å². The van der Waals surface area contributed by atoms with E-state index >= 15 is 0 Å². The molecule has 1 heterocycles. The zero-order valence-corrected chi connectivity index (χ0v) is 9.76. The summed E-state index contributed by atoms with van der Waals surface area (Å²) in [6.45, 7) is -0.125. The van der Waals surface area contributed by atoms with Crippen molar-refractivity contribution < 1.29 is 23.6 Å². The van der Waals surface area contributed by atoms with Gasteiger partial charge in [0.2, 0.25) is 0 Å². The first-order valence-electron chi connectivity index (χ1n) is 4.95. The van der Waals surface area contributed by atoms with Crippen molar-refractivity contribution in [2.75, 3.05) is 6.61 Å². The number of alkyl halides is 1. The molecule has 0 unspecified atom stereocenters. The number of nitrogens with zero attached hydrogens (tertiary/aromatic N) is 1. The summed E-state index contributed by atoms with van der Waals surface area (Å²) in [7, 11) is 0. The van der Waals surface area contributed by atoms with Crippen molar-refractivity contribution in [3.05, 3.63) is 34.4 Å². The first-order chi connectivity index (χ1) is 8.56. The number of cyclic esters (lactones) is 2. The topological polar surface area (TPSA) is 78.7 Å². The number of nitro benzene ring substituents is 1. The molecule has 1 aliphatic rings. The van der Waals surface area contributed by atoms with Crippen LogP contribution in [0, 0.1) is 10.1 Å². The summed E-state index contributed by atoms with van der Waals surface area (Å²) in [5.41, 5.74) is -1.54. The van der Waals surface area contributed by atoms with E-state index < -0.39 is 22.7 Å². The van der Waals surface area contributed by atoms with Gasteiger partial charge in [0, 0.05) is 17.0 Å². The second-order valence-corrected chi connectivity index (χ2v) is 4.59. The van der Waals surface area contributed by atoms with Crippen LogP contribution >= 0.6 is 11.8 Å². The quantitative estimate of drug-likeness (QED) is 0.363. The van der Waals surface area contributed by atoms with Gasteiger partial charge >= 0.3 is 6.16 Å². The Balaban J connectivity index is 1.96. The first-order valence-corrected chi connectivity index (χ1v) is 5.83. The fourth-order valence-electron chi connectivity index (χ4n) is 1.32. The van der Waals surface area contributed by atoms with Gasteiger partial charge in [-0.2, -0.15) is 0 Å². The number of halogens is 1. The van der Waals surface area contributed by atoms with Crippen molar-refractivity contribution in [3.8, 4) is 0 Å². The number of ether oxygens (including phenoxy) is 2. The highest BCUT2D eigenvalue weighted by molar-refractivity contribution is 7.99. The molecule has 0 radical (unpaired) electrons. The molecule has 1 fully saturated rings. The second-order valence-electron chi connectivity index (χ2n) is 3.44. The van der Waals surface area contributed by atoms with Gasteiger partial charge in [0.25, 0.3) is 5.69 Å². The normalized spacial score (nSPS) is 20.1. The van der Waals surface area contributed by atoms with E-state index in [-0.39, 0.29) is 12.3 Å². The Morgan fingerprint density at radius 2 is 2.11 bits per heavy atom. The molecule has 6 nitrogen and oxygen atoms in total. The van der Waals surface area contributed by atoms with Gasteiger partial charge in [0.1, 0.15) is 6.61 Å². The number of nitro groups is 1. The van der Waals surface area contributed by atoms with Gasteiger partial charge in [-0.1, -0.05) is 11.8 Å². The maximum absolute atomic E-state index is 13.7. The maximum Gasteiger partial charge on any atom is 0.508 e. The molecule has 2 atom stereocenters. The second kappa shape index (κ2) is 5.21. The fourth-order valence-corrected chi connectivity index (χ4v) is 2.16. The molecule has 2 rings (SSSR count). The van der Waals surface area contributed by atoms with Gasteiger partial charge in [0.15, 0.2) is 11.6 Å². The highest BCUT2D eigenvalue weighted by Crippen LogP contribution is 2.30. The number of thioether (sulfide) groups is 1. The largest absolute Gasteiger partial charge is 0.508 e. The zero-order valence-electron chi connectivity index (χ0n) is 8.95. The van der Waals surface area contributed by atoms with E-state index in [1.54, 1.807) is 0 Å². The van der Waals surface area contributed by atoms with E-state index in [1.165, 1.54) is 24.3 Å². The predicted molar refractivity (Wildman–Crippen MR) is 60.1 cm³/mol. The standard InChI is InChI=1S/C10H8FNO5S/c11-9(8-5-16-10(13)17-8)18-7-3-1-6(2-4-7)12(14)15/h1-4,8-9H,5H2/t8-,9+/m0/s1. The highest BCUT2D eigenvalue weighted by atomic mass is 32.2. The van der Waals surface area contributed by atoms with Gasteiger partial charge < -0.3 is 9.47 Å². The Labute approximate surface area is 105 Å². The van der Waals surface area contributed by atoms with Crippen LogP contribution in [-0.4, -0.2) is 29.3 Å². The van der Waals surface area contributed by atoms with E-state index in [0.717, 1.165) is 11.8 Å². The number of hydrogen-bond acceptors (Lipinski definition) is 6. The molecule has 0 spiro atoms. The lowest BCUT2D eigenvalue weighted by atomic mass is 10.3. The number of carbonyl (C=O) groups is 1. The summed E-state index contributed by atoms with van der Waals surface area (Å²) in [5.74, 6) is 0. The molecule has 1 aliphatic heterocycles. The molecule has 0 bridgehead atoms. The molecular weight excluding hydrogens is 265 g/mol. The zero-order chi connectivity index (χ0) is 13.1. The van der Waals surface area contributed by atoms with Crippen LogP contribution in [0.1, 0.15) is 0 Å². The van der Waals surface area contributed by atoms with Gasteiger partial charge in [-0.3, -0.25) is 10.1 Å². The third kappa shape index (κ3) is 2.89. The Morgan fingerprint density at radius 3 is 2.61 bits per heavy atom. The van der Waals surface area contributed by atoms with Gasteiger partial charge in [-0.05, 0) is 12.1 Å². The van der Waals surface area contributed by atoms with E-state index in [2.05, 4.69) is 9.47 Å². The van der Waals surface area contributed by atoms with Crippen LogP contribution in [0.2, 0.25) is 0 Å². The minimum absolute atomic E-state index is 0.0645. The van der Waals surface area contributed by atoms with Crippen LogP contribution in [0.4, 0.5) is 14.9 Å². The SMILES string of the molecule is O=C1OC[C@@H]([C@H](F)Sc2ccc([N+](=O)[O-])cc2)O1. The molecule has 1 saturated heterocycles. The highest BCUT2D eigenvalue weighted by Gasteiger charge is 2.33. The van der Waals surface area contributed by atoms with Crippen molar-refractivity contribution in [2.24, 2.45) is 0 Å². The van der Waals surface area contributed by atoms with Crippen LogP contribution in [-0.2, 0) is 9.47 Å². The third-order valence-corrected chi connectivity index (χ3v) is 3.27. The smallest absolute Gasteiger partial charge is 0.430 e. The molecule has 0 aromatic heterocycles. The van der Waals surface area contributed by atoms with Gasteiger partial charge in [0.05, 0.1) is 4.92 Å². The molecule has 0 N–H and O–H groups in total. The summed E-state index contributed by atoms with van der Waals surface area (Å²) in [6.07, 6.45) is -1.83. The predicted octanol–water partition coefficient (Wildman–Crippen LogP) is 2.52. The summed E-state index contributed by atoms with van der Waals surface area (Å²) < 4.78 is 22.8. The Hall–Kier alpha value is -1.83. The Morgan fingerprint density at radius 1 is 1.44 bits per heavy atom. The minimum Gasteiger partial charge on any atom is -0.430 e. The van der Waals surface area contributed by atoms with Crippen molar-refractivity contribution in [1.29, 1.82) is 0 Å². The van der Waals surface area contributed by atoms with Gasteiger partial charge in [-0.25, -0.2) is 9.18 Å². The number of carbonyl (C=O) groups excluding carboxylic acids is 1. The number of non-ortho nitro benzene ring substituents is 1. The van der Waals surface area contributed by atoms with Crippen LogP contribution < -0.4 is 0 Å². The number of hydrogen-bond donors (Lipinski definition) is 0. The summed E-state index contributed by atoms with van der Waals surface area (Å²) >= 11 is 0.817. The average molecular weight is 273 g/mol. The average Bonchev–Trinajstić information content (AvgIpc) is 2.76. The maximum atomic E-state index is 13.7. The molecule has 8 heteroatoms. The lowest BCUT2D eigenvalue weighted by molar-refractivity contribution is -0.384. The molecule has 0 aliphatic carbocycles. The minimum atomic E-state index is -1.47. The Kier molecular flexibility index (Phi) is 3.66. The van der Waals surface area contributed by atoms with E-state index in [0.29, 0.717) is 4.90 Å². The van der Waals surface area contributed by atoms with E-state index in [1.807, 2.05) is 0 Å². The number of rotatable bonds is 4. The third-order valence-electron chi connectivity index (χ3n) is 2.20. The molecule has 0 saturated carbocycles. The molecule has 1 aromatic rings. The molecule has 96 valence electrons. The van der Waals surface area contributed by atoms with Gasteiger partial charge in [-0.15, -0.1) is 0 Å². The van der Waals surface area contributed by atoms with E-state index in [4.69, 9.17) is 0 Å². The van der Waals surface area contributed by atoms with Crippen LogP contribution in [0.3, 0.4) is 0 Å². The van der Waals surface area contributed by atoms with Crippen LogP contribution in [0.5, 0.6) is 0 Å². The summed E-state index contributed by atoms with van der Waals surface area (Å²) in [6, 6.07) is 5.44. The lowest BCUT2D eigenvalue weighted by Crippen LogP contribution is -2.21. The van der Waals surface area contributed by atoms with E-state index in [9.17, 15) is 19.3 Å². The molecular formula is C10H8FNO5S.